The number of hydrogen-bond donors (Lipinski definition) is 3. The van der Waals surface area contributed by atoms with Gasteiger partial charge in [-0.05, 0) is 33.8 Å². The molecule has 3 N–H and O–H groups in total. The minimum atomic E-state index is -1.06. The van der Waals surface area contributed by atoms with Crippen molar-refractivity contribution < 1.29 is 14.0 Å². The summed E-state index contributed by atoms with van der Waals surface area (Å²) in [4.78, 5) is 4.42. The summed E-state index contributed by atoms with van der Waals surface area (Å²) in [6.45, 7) is 8.86. The van der Waals surface area contributed by atoms with Crippen molar-refractivity contribution in [2.45, 2.75) is 39.8 Å². The van der Waals surface area contributed by atoms with Crippen molar-refractivity contribution in [2.24, 2.45) is 4.99 Å². The monoisotopic (exact) mass is 320 g/mol. The minimum absolute atomic E-state index is 0.303. The second kappa shape index (κ2) is 7.32. The number of nitrogens with one attached hydrogen (secondary N) is 2. The number of aliphatic hydroxyl groups is 1. The Hall–Kier alpha value is -2.28. The van der Waals surface area contributed by atoms with E-state index in [1.807, 2.05) is 26.8 Å². The van der Waals surface area contributed by atoms with Gasteiger partial charge < -0.3 is 24.7 Å². The molecule has 0 aliphatic rings. The second-order valence-electron chi connectivity index (χ2n) is 5.64. The molecule has 126 valence electrons. The van der Waals surface area contributed by atoms with E-state index in [1.165, 1.54) is 6.26 Å². The molecule has 7 nitrogen and oxygen atoms in total. The lowest BCUT2D eigenvalue weighted by Gasteiger charge is -2.24. The zero-order valence-electron chi connectivity index (χ0n) is 14.0. The lowest BCUT2D eigenvalue weighted by Crippen LogP contribution is -2.44. The van der Waals surface area contributed by atoms with Gasteiger partial charge in [0, 0.05) is 18.2 Å². The van der Waals surface area contributed by atoms with E-state index in [4.69, 9.17) is 8.94 Å². The molecule has 2 rings (SSSR count). The number of hydrogen-bond acceptors (Lipinski definition) is 5. The van der Waals surface area contributed by atoms with E-state index in [9.17, 15) is 5.11 Å². The highest BCUT2D eigenvalue weighted by Crippen LogP contribution is 2.26. The normalized spacial score (nSPS) is 14.6. The van der Waals surface area contributed by atoms with Crippen LogP contribution in [0.3, 0.4) is 0 Å². The molecule has 2 aromatic rings. The van der Waals surface area contributed by atoms with Gasteiger partial charge in [0.25, 0.3) is 0 Å². The molecule has 7 heteroatoms. The average Bonchev–Trinajstić information content (AvgIpc) is 3.11. The molecule has 1 unspecified atom stereocenters. The van der Waals surface area contributed by atoms with Crippen LogP contribution in [0.25, 0.3) is 0 Å². The maximum atomic E-state index is 10.7. The molecular weight excluding hydrogens is 296 g/mol. The molecule has 0 aliphatic heterocycles. The third-order valence-electron chi connectivity index (χ3n) is 3.46. The van der Waals surface area contributed by atoms with Crippen LogP contribution in [0, 0.1) is 13.8 Å². The van der Waals surface area contributed by atoms with Gasteiger partial charge in [0.05, 0.1) is 13.1 Å². The van der Waals surface area contributed by atoms with Gasteiger partial charge in [0.2, 0.25) is 0 Å². The SMILES string of the molecule is CCNC(=NCc1ccon1)NCC(C)(O)c1cc(C)oc1C. The Kier molecular flexibility index (Phi) is 5.44. The van der Waals surface area contributed by atoms with Crippen LogP contribution in [-0.4, -0.2) is 29.3 Å². The van der Waals surface area contributed by atoms with Gasteiger partial charge >= 0.3 is 0 Å². The Bertz CT molecular complexity index is 644. The molecule has 0 amide bonds. The van der Waals surface area contributed by atoms with E-state index in [1.54, 1.807) is 13.0 Å². The first-order valence-corrected chi connectivity index (χ1v) is 7.63. The van der Waals surface area contributed by atoms with Crippen molar-refractivity contribution in [1.29, 1.82) is 0 Å². The van der Waals surface area contributed by atoms with Gasteiger partial charge in [-0.15, -0.1) is 0 Å². The van der Waals surface area contributed by atoms with Crippen LogP contribution in [-0.2, 0) is 12.1 Å². The van der Waals surface area contributed by atoms with E-state index in [-0.39, 0.29) is 0 Å². The third kappa shape index (κ3) is 4.59. The lowest BCUT2D eigenvalue weighted by atomic mass is 9.96. The molecule has 1 atom stereocenters. The molecule has 0 aliphatic carbocycles. The molecule has 23 heavy (non-hydrogen) atoms. The Morgan fingerprint density at radius 2 is 2.17 bits per heavy atom. The molecule has 0 aromatic carbocycles. The molecular formula is C16H24N4O3. The fourth-order valence-electron chi connectivity index (χ4n) is 2.34. The third-order valence-corrected chi connectivity index (χ3v) is 3.46. The smallest absolute Gasteiger partial charge is 0.191 e. The summed E-state index contributed by atoms with van der Waals surface area (Å²) in [5.41, 5.74) is 0.455. The minimum Gasteiger partial charge on any atom is -0.466 e. The summed E-state index contributed by atoms with van der Waals surface area (Å²) in [6.07, 6.45) is 1.51. The number of aromatic nitrogens is 1. The molecule has 2 aromatic heterocycles. The van der Waals surface area contributed by atoms with Crippen LogP contribution in [0.15, 0.2) is 32.3 Å². The number of nitrogens with zero attached hydrogens (tertiary/aromatic N) is 2. The average molecular weight is 320 g/mol. The van der Waals surface area contributed by atoms with Crippen molar-refractivity contribution in [2.75, 3.05) is 13.1 Å². The fourth-order valence-corrected chi connectivity index (χ4v) is 2.34. The fraction of sp³-hybridized carbons (Fsp3) is 0.500. The summed E-state index contributed by atoms with van der Waals surface area (Å²) in [7, 11) is 0. The molecule has 0 saturated carbocycles. The van der Waals surface area contributed by atoms with Gasteiger partial charge in [-0.3, -0.25) is 0 Å². The first kappa shape index (κ1) is 17.1. The highest BCUT2D eigenvalue weighted by Gasteiger charge is 2.27. The Labute approximate surface area is 135 Å². The number of guanidine groups is 1. The molecule has 0 fully saturated rings. The number of aliphatic imine (C=N–C) groups is 1. The van der Waals surface area contributed by atoms with Crippen LogP contribution in [0.4, 0.5) is 0 Å². The number of furan rings is 1. The van der Waals surface area contributed by atoms with Crippen LogP contribution in [0.2, 0.25) is 0 Å². The van der Waals surface area contributed by atoms with E-state index in [0.29, 0.717) is 19.0 Å². The van der Waals surface area contributed by atoms with E-state index in [0.717, 1.165) is 29.3 Å². The van der Waals surface area contributed by atoms with E-state index < -0.39 is 5.60 Å². The highest BCUT2D eigenvalue weighted by atomic mass is 16.5. The van der Waals surface area contributed by atoms with Crippen molar-refractivity contribution in [3.8, 4) is 0 Å². The van der Waals surface area contributed by atoms with Gasteiger partial charge in [0.15, 0.2) is 5.96 Å². The van der Waals surface area contributed by atoms with Gasteiger partial charge in [0.1, 0.15) is 29.1 Å². The summed E-state index contributed by atoms with van der Waals surface area (Å²) in [5, 5.41) is 20.8. The summed E-state index contributed by atoms with van der Waals surface area (Å²) in [6, 6.07) is 3.62. The standard InChI is InChI=1S/C16H24N4O3/c1-5-17-15(18-9-13-6-7-22-20-13)19-10-16(4,21)14-8-11(2)23-12(14)3/h6-8,21H,5,9-10H2,1-4H3,(H2,17,18,19). The summed E-state index contributed by atoms with van der Waals surface area (Å²) in [5.74, 6) is 2.11. The van der Waals surface area contributed by atoms with Gasteiger partial charge in [-0.25, -0.2) is 4.99 Å². The van der Waals surface area contributed by atoms with Crippen LogP contribution in [0.5, 0.6) is 0 Å². The molecule has 2 heterocycles. The van der Waals surface area contributed by atoms with E-state index in [2.05, 4.69) is 20.8 Å². The summed E-state index contributed by atoms with van der Waals surface area (Å²) < 4.78 is 10.3. The molecule has 0 spiro atoms. The Balaban J connectivity index is 2.02. The van der Waals surface area contributed by atoms with E-state index >= 15 is 0 Å². The molecule has 0 saturated heterocycles. The topological polar surface area (TPSA) is 95.8 Å². The lowest BCUT2D eigenvalue weighted by molar-refractivity contribution is 0.0601. The zero-order valence-corrected chi connectivity index (χ0v) is 14.0. The largest absolute Gasteiger partial charge is 0.466 e. The second-order valence-corrected chi connectivity index (χ2v) is 5.64. The van der Waals surface area contributed by atoms with Crippen molar-refractivity contribution in [3.63, 3.8) is 0 Å². The highest BCUT2D eigenvalue weighted by molar-refractivity contribution is 5.79. The molecule has 0 bridgehead atoms. The quantitative estimate of drug-likeness (QED) is 0.555. The van der Waals surface area contributed by atoms with Crippen LogP contribution >= 0.6 is 0 Å². The zero-order chi connectivity index (χ0) is 16.9. The van der Waals surface area contributed by atoms with Crippen molar-refractivity contribution in [3.05, 3.63) is 41.2 Å². The number of aryl methyl sites for hydroxylation is 2. The maximum absolute atomic E-state index is 10.7. The Morgan fingerprint density at radius 3 is 2.74 bits per heavy atom. The van der Waals surface area contributed by atoms with Gasteiger partial charge in [-0.2, -0.15) is 0 Å². The first-order chi connectivity index (χ1) is 10.9. The Morgan fingerprint density at radius 1 is 1.39 bits per heavy atom. The molecule has 0 radical (unpaired) electrons. The van der Waals surface area contributed by atoms with Gasteiger partial charge in [-0.1, -0.05) is 5.16 Å². The number of rotatable bonds is 6. The van der Waals surface area contributed by atoms with Crippen LogP contribution in [0.1, 0.15) is 36.6 Å². The van der Waals surface area contributed by atoms with Crippen LogP contribution < -0.4 is 10.6 Å². The predicted molar refractivity (Wildman–Crippen MR) is 87.1 cm³/mol. The maximum Gasteiger partial charge on any atom is 0.191 e. The predicted octanol–water partition coefficient (Wildman–Crippen LogP) is 1.85. The summed E-state index contributed by atoms with van der Waals surface area (Å²) >= 11 is 0. The van der Waals surface area contributed by atoms with Crippen molar-refractivity contribution >= 4 is 5.96 Å². The van der Waals surface area contributed by atoms with Crippen molar-refractivity contribution in [1.82, 2.24) is 15.8 Å². The first-order valence-electron chi connectivity index (χ1n) is 7.63.